The third-order valence-electron chi connectivity index (χ3n) is 3.80. The van der Waals surface area contributed by atoms with Crippen LogP contribution in [0.25, 0.3) is 0 Å². The molecule has 1 aromatic rings. The number of hydrogen-bond donors (Lipinski definition) is 0. The van der Waals surface area contributed by atoms with Gasteiger partial charge in [-0.2, -0.15) is 5.26 Å². The number of halogens is 2. The Morgan fingerprint density at radius 1 is 1.21 bits per heavy atom. The molecule has 2 atom stereocenters. The highest BCUT2D eigenvalue weighted by Gasteiger charge is 2.40. The van der Waals surface area contributed by atoms with E-state index in [1.54, 1.807) is 0 Å². The Labute approximate surface area is 124 Å². The molecule has 0 N–H and O–H groups in total. The van der Waals surface area contributed by atoms with Crippen LogP contribution in [0.3, 0.4) is 0 Å². The predicted molar refractivity (Wildman–Crippen MR) is 79.6 cm³/mol. The van der Waals surface area contributed by atoms with E-state index in [1.807, 2.05) is 18.2 Å². The molecule has 2 nitrogen and oxygen atoms in total. The van der Waals surface area contributed by atoms with Gasteiger partial charge in [-0.05, 0) is 38.5 Å². The Kier molecular flexibility index (Phi) is 4.11. The fraction of sp³-hybridized carbons (Fsp3) is 0.533. The van der Waals surface area contributed by atoms with Crippen molar-refractivity contribution in [2.75, 3.05) is 13.1 Å². The maximum absolute atomic E-state index is 9.40. The number of benzene rings is 1. The van der Waals surface area contributed by atoms with Crippen molar-refractivity contribution in [1.82, 2.24) is 4.90 Å². The van der Waals surface area contributed by atoms with Gasteiger partial charge in [0, 0.05) is 34.6 Å². The minimum atomic E-state index is -0.0587. The normalized spacial score (nSPS) is 24.4. The summed E-state index contributed by atoms with van der Waals surface area (Å²) in [7, 11) is 0. The highest BCUT2D eigenvalue weighted by atomic mass is 35.5. The molecule has 2 rings (SSSR count). The van der Waals surface area contributed by atoms with E-state index in [2.05, 4.69) is 31.7 Å². The summed E-state index contributed by atoms with van der Waals surface area (Å²) in [5.74, 6) is 0.0297. The summed E-state index contributed by atoms with van der Waals surface area (Å²) in [6, 6.07) is 7.94. The molecule has 1 aliphatic rings. The molecule has 0 unspecified atom stereocenters. The fourth-order valence-corrected chi connectivity index (χ4v) is 3.32. The van der Waals surface area contributed by atoms with Gasteiger partial charge in [0.1, 0.15) is 0 Å². The van der Waals surface area contributed by atoms with Gasteiger partial charge >= 0.3 is 0 Å². The quantitative estimate of drug-likeness (QED) is 0.771. The number of hydrogen-bond acceptors (Lipinski definition) is 2. The lowest BCUT2D eigenvalue weighted by Crippen LogP contribution is -2.39. The highest BCUT2D eigenvalue weighted by molar-refractivity contribution is 6.36. The monoisotopic (exact) mass is 296 g/mol. The molecule has 1 saturated heterocycles. The molecule has 1 heterocycles. The van der Waals surface area contributed by atoms with Crippen LogP contribution in [0.4, 0.5) is 0 Å². The van der Waals surface area contributed by atoms with Crippen molar-refractivity contribution in [3.8, 4) is 6.07 Å². The minimum Gasteiger partial charge on any atom is -0.297 e. The molecule has 0 aliphatic carbocycles. The molecule has 19 heavy (non-hydrogen) atoms. The molecule has 4 heteroatoms. The fourth-order valence-electron chi connectivity index (χ4n) is 2.64. The van der Waals surface area contributed by atoms with Crippen LogP contribution < -0.4 is 0 Å². The summed E-state index contributed by atoms with van der Waals surface area (Å²) < 4.78 is 0. The third kappa shape index (κ3) is 2.89. The zero-order valence-electron chi connectivity index (χ0n) is 11.5. The predicted octanol–water partition coefficient (Wildman–Crippen LogP) is 4.33. The van der Waals surface area contributed by atoms with Crippen LogP contribution in [0.5, 0.6) is 0 Å². The number of likely N-dealkylation sites (tertiary alicyclic amines) is 1. The Morgan fingerprint density at radius 2 is 1.79 bits per heavy atom. The van der Waals surface area contributed by atoms with Gasteiger partial charge in [0.25, 0.3) is 0 Å². The second kappa shape index (κ2) is 5.32. The van der Waals surface area contributed by atoms with E-state index < -0.39 is 0 Å². The Morgan fingerprint density at radius 3 is 2.26 bits per heavy atom. The van der Waals surface area contributed by atoms with Crippen molar-refractivity contribution < 1.29 is 0 Å². The van der Waals surface area contributed by atoms with Crippen molar-refractivity contribution in [2.45, 2.75) is 32.2 Å². The summed E-state index contributed by atoms with van der Waals surface area (Å²) in [5.41, 5.74) is 0.974. The van der Waals surface area contributed by atoms with Crippen molar-refractivity contribution in [3.05, 3.63) is 33.8 Å². The summed E-state index contributed by atoms with van der Waals surface area (Å²) in [6.45, 7) is 8.09. The third-order valence-corrected chi connectivity index (χ3v) is 4.46. The average Bonchev–Trinajstić information content (AvgIpc) is 2.72. The lowest BCUT2D eigenvalue weighted by atomic mass is 9.90. The first-order valence-electron chi connectivity index (χ1n) is 6.43. The van der Waals surface area contributed by atoms with Gasteiger partial charge in [0.2, 0.25) is 0 Å². The molecule has 0 spiro atoms. The highest BCUT2D eigenvalue weighted by Crippen LogP contribution is 2.41. The summed E-state index contributed by atoms with van der Waals surface area (Å²) in [5, 5.41) is 10.7. The molecule has 102 valence electrons. The maximum Gasteiger partial charge on any atom is 0.0676 e. The van der Waals surface area contributed by atoms with Gasteiger partial charge in [0.15, 0.2) is 0 Å². The van der Waals surface area contributed by atoms with E-state index in [9.17, 15) is 5.26 Å². The van der Waals surface area contributed by atoms with Crippen LogP contribution in [-0.4, -0.2) is 23.5 Å². The van der Waals surface area contributed by atoms with Crippen LogP contribution in [-0.2, 0) is 0 Å². The first-order chi connectivity index (χ1) is 8.84. The molecule has 1 aliphatic heterocycles. The second-order valence-electron chi connectivity index (χ2n) is 6.05. The van der Waals surface area contributed by atoms with Gasteiger partial charge in [-0.25, -0.2) is 0 Å². The maximum atomic E-state index is 9.40. The summed E-state index contributed by atoms with van der Waals surface area (Å²) >= 11 is 12.6. The van der Waals surface area contributed by atoms with Gasteiger partial charge in [-0.3, -0.25) is 4.90 Å². The Bertz CT molecular complexity index is 494. The Balaban J connectivity index is 2.37. The minimum absolute atomic E-state index is 0.0532. The number of nitrogens with zero attached hydrogens (tertiary/aromatic N) is 2. The zero-order chi connectivity index (χ0) is 14.2. The van der Waals surface area contributed by atoms with E-state index in [4.69, 9.17) is 23.2 Å². The summed E-state index contributed by atoms with van der Waals surface area (Å²) in [4.78, 5) is 2.32. The Hall–Kier alpha value is -0.750. The molecule has 0 aromatic heterocycles. The van der Waals surface area contributed by atoms with Gasteiger partial charge < -0.3 is 0 Å². The molecule has 0 saturated carbocycles. The lowest BCUT2D eigenvalue weighted by molar-refractivity contribution is 0.170. The van der Waals surface area contributed by atoms with Crippen LogP contribution in [0.2, 0.25) is 10.0 Å². The van der Waals surface area contributed by atoms with E-state index in [1.165, 1.54) is 0 Å². The smallest absolute Gasteiger partial charge is 0.0676 e. The van der Waals surface area contributed by atoms with Crippen LogP contribution in [0.15, 0.2) is 18.2 Å². The standard InChI is InChI=1S/C15H18Cl2N2/c1-15(2,3)19-8-10(7-18)11(9-19)14-12(16)5-4-6-13(14)17/h4-6,10-11H,8-9H2,1-3H3/t10-,11-/m0/s1. The zero-order valence-corrected chi connectivity index (χ0v) is 13.0. The van der Waals surface area contributed by atoms with Gasteiger partial charge in [-0.1, -0.05) is 29.3 Å². The van der Waals surface area contributed by atoms with Crippen molar-refractivity contribution >= 4 is 23.2 Å². The van der Waals surface area contributed by atoms with Crippen molar-refractivity contribution in [1.29, 1.82) is 5.26 Å². The second-order valence-corrected chi connectivity index (χ2v) is 6.87. The topological polar surface area (TPSA) is 27.0 Å². The SMILES string of the molecule is CC(C)(C)N1C[C@H](c2c(Cl)cccc2Cl)[C@@H](C#N)C1. The van der Waals surface area contributed by atoms with Crippen LogP contribution >= 0.6 is 23.2 Å². The van der Waals surface area contributed by atoms with E-state index in [0.717, 1.165) is 18.7 Å². The molecule has 1 fully saturated rings. The van der Waals surface area contributed by atoms with E-state index in [-0.39, 0.29) is 17.4 Å². The van der Waals surface area contributed by atoms with Crippen LogP contribution in [0.1, 0.15) is 32.3 Å². The van der Waals surface area contributed by atoms with E-state index in [0.29, 0.717) is 10.0 Å². The number of rotatable bonds is 1. The van der Waals surface area contributed by atoms with Crippen LogP contribution in [0, 0.1) is 17.2 Å². The largest absolute Gasteiger partial charge is 0.297 e. The molecule has 0 radical (unpaired) electrons. The average molecular weight is 297 g/mol. The first-order valence-corrected chi connectivity index (χ1v) is 7.18. The molecule has 1 aromatic carbocycles. The summed E-state index contributed by atoms with van der Waals surface area (Å²) in [6.07, 6.45) is 0. The van der Waals surface area contributed by atoms with E-state index >= 15 is 0 Å². The molecule has 0 amide bonds. The van der Waals surface area contributed by atoms with Crippen molar-refractivity contribution in [3.63, 3.8) is 0 Å². The molecular weight excluding hydrogens is 279 g/mol. The lowest BCUT2D eigenvalue weighted by Gasteiger charge is -2.31. The van der Waals surface area contributed by atoms with Gasteiger partial charge in [0.05, 0.1) is 12.0 Å². The number of nitriles is 1. The molecule has 0 bridgehead atoms. The molecular formula is C15H18Cl2N2. The first kappa shape index (κ1) is 14.7. The van der Waals surface area contributed by atoms with Crippen molar-refractivity contribution in [2.24, 2.45) is 5.92 Å². The van der Waals surface area contributed by atoms with Gasteiger partial charge in [-0.15, -0.1) is 0 Å².